The van der Waals surface area contributed by atoms with Gasteiger partial charge in [0, 0.05) is 18.7 Å². The number of hydrogen-bond donors (Lipinski definition) is 3. The Balaban J connectivity index is 1.73. The molecule has 0 aliphatic carbocycles. The third-order valence-corrected chi connectivity index (χ3v) is 6.17. The van der Waals surface area contributed by atoms with Gasteiger partial charge >= 0.3 is 0 Å². The quantitative estimate of drug-likeness (QED) is 0.499. The fourth-order valence-corrected chi connectivity index (χ4v) is 4.02. The van der Waals surface area contributed by atoms with Crippen molar-refractivity contribution in [2.75, 3.05) is 7.11 Å². The van der Waals surface area contributed by atoms with Crippen LogP contribution in [0.15, 0.2) is 71.6 Å². The van der Waals surface area contributed by atoms with Gasteiger partial charge in [-0.25, -0.2) is 13.1 Å². The highest BCUT2D eigenvalue weighted by Crippen LogP contribution is 2.26. The van der Waals surface area contributed by atoms with E-state index in [1.807, 2.05) is 30.3 Å². The van der Waals surface area contributed by atoms with Gasteiger partial charge in [0.05, 0.1) is 12.0 Å². The molecule has 7 nitrogen and oxygen atoms in total. The monoisotopic (exact) mass is 440 g/mol. The number of phenolic OH excluding ortho intramolecular Hbond substituents is 1. The van der Waals surface area contributed by atoms with Crippen LogP contribution < -0.4 is 14.8 Å². The number of carbonyl (C=O) groups excluding carboxylic acids is 1. The number of nitrogens with one attached hydrogen (secondary N) is 2. The largest absolute Gasteiger partial charge is 0.504 e. The molecule has 0 spiro atoms. The Morgan fingerprint density at radius 2 is 1.71 bits per heavy atom. The molecule has 0 radical (unpaired) electrons. The van der Waals surface area contributed by atoms with Crippen molar-refractivity contribution < 1.29 is 23.1 Å². The fraction of sp³-hybridized carbons (Fsp3) is 0.174. The molecule has 0 aromatic heterocycles. The summed E-state index contributed by atoms with van der Waals surface area (Å²) < 4.78 is 33.0. The molecule has 31 heavy (non-hydrogen) atoms. The molecule has 0 unspecified atom stereocenters. The number of methoxy groups -OCH3 is 1. The van der Waals surface area contributed by atoms with Crippen LogP contribution in [0.25, 0.3) is 0 Å². The molecule has 0 saturated heterocycles. The molecule has 0 heterocycles. The molecule has 0 aliphatic heterocycles. The summed E-state index contributed by atoms with van der Waals surface area (Å²) in [5, 5.41) is 12.4. The van der Waals surface area contributed by atoms with Crippen molar-refractivity contribution in [1.82, 2.24) is 10.0 Å². The third-order valence-electron chi connectivity index (χ3n) is 4.77. The van der Waals surface area contributed by atoms with E-state index in [1.165, 1.54) is 25.3 Å². The zero-order valence-corrected chi connectivity index (χ0v) is 18.1. The van der Waals surface area contributed by atoms with Crippen molar-refractivity contribution in [3.05, 3.63) is 89.0 Å². The second kappa shape index (κ2) is 9.63. The molecular formula is C23H24N2O5S. The number of aromatic hydroxyl groups is 1. The minimum atomic E-state index is -3.79. The first-order valence-corrected chi connectivity index (χ1v) is 11.1. The van der Waals surface area contributed by atoms with Crippen molar-refractivity contribution in [1.29, 1.82) is 0 Å². The van der Waals surface area contributed by atoms with Gasteiger partial charge in [-0.15, -0.1) is 0 Å². The Kier molecular flexibility index (Phi) is 6.94. The van der Waals surface area contributed by atoms with E-state index in [0.29, 0.717) is 11.3 Å². The van der Waals surface area contributed by atoms with E-state index in [4.69, 9.17) is 4.74 Å². The van der Waals surface area contributed by atoms with Crippen molar-refractivity contribution in [2.45, 2.75) is 24.9 Å². The lowest BCUT2D eigenvalue weighted by molar-refractivity contribution is 0.0950. The number of phenols is 1. The van der Waals surface area contributed by atoms with Crippen molar-refractivity contribution in [3.63, 3.8) is 0 Å². The first-order chi connectivity index (χ1) is 14.8. The molecule has 3 rings (SSSR count). The SMILES string of the molecule is COc1cc(CNC(=O)c2cc(S(=O)(=O)NCc3ccccc3)ccc2C)ccc1O. The molecule has 1 amide bonds. The Hall–Kier alpha value is -3.36. The summed E-state index contributed by atoms with van der Waals surface area (Å²) in [6.07, 6.45) is 0. The highest BCUT2D eigenvalue weighted by Gasteiger charge is 2.18. The molecule has 0 saturated carbocycles. The summed E-state index contributed by atoms with van der Waals surface area (Å²) in [7, 11) is -2.34. The van der Waals surface area contributed by atoms with Crippen LogP contribution in [0.5, 0.6) is 11.5 Å². The molecule has 0 bridgehead atoms. The predicted octanol–water partition coefficient (Wildman–Crippen LogP) is 3.12. The second-order valence-corrected chi connectivity index (χ2v) is 8.74. The Labute approximate surface area is 181 Å². The highest BCUT2D eigenvalue weighted by molar-refractivity contribution is 7.89. The van der Waals surface area contributed by atoms with E-state index < -0.39 is 15.9 Å². The van der Waals surface area contributed by atoms with Gasteiger partial charge in [-0.3, -0.25) is 4.79 Å². The number of hydrogen-bond acceptors (Lipinski definition) is 5. The normalized spacial score (nSPS) is 11.2. The summed E-state index contributed by atoms with van der Waals surface area (Å²) in [4.78, 5) is 12.7. The second-order valence-electron chi connectivity index (χ2n) is 6.98. The topological polar surface area (TPSA) is 105 Å². The van der Waals surface area contributed by atoms with E-state index in [1.54, 1.807) is 25.1 Å². The van der Waals surface area contributed by atoms with Crippen LogP contribution in [0.1, 0.15) is 27.0 Å². The number of aryl methyl sites for hydroxylation is 1. The van der Waals surface area contributed by atoms with Crippen molar-refractivity contribution >= 4 is 15.9 Å². The molecule has 0 fully saturated rings. The minimum absolute atomic E-state index is 0.00864. The van der Waals surface area contributed by atoms with E-state index in [2.05, 4.69) is 10.0 Å². The number of sulfonamides is 1. The fourth-order valence-electron chi connectivity index (χ4n) is 2.98. The smallest absolute Gasteiger partial charge is 0.251 e. The molecular weight excluding hydrogens is 416 g/mol. The number of benzene rings is 3. The van der Waals surface area contributed by atoms with Gasteiger partial charge in [-0.1, -0.05) is 42.5 Å². The van der Waals surface area contributed by atoms with Gasteiger partial charge < -0.3 is 15.2 Å². The predicted molar refractivity (Wildman–Crippen MR) is 117 cm³/mol. The minimum Gasteiger partial charge on any atom is -0.504 e. The van der Waals surface area contributed by atoms with Crippen LogP contribution >= 0.6 is 0 Å². The molecule has 8 heteroatoms. The highest BCUT2D eigenvalue weighted by atomic mass is 32.2. The Morgan fingerprint density at radius 1 is 0.968 bits per heavy atom. The lowest BCUT2D eigenvalue weighted by Crippen LogP contribution is -2.26. The molecule has 3 aromatic rings. The number of ether oxygens (including phenoxy) is 1. The zero-order valence-electron chi connectivity index (χ0n) is 17.3. The lowest BCUT2D eigenvalue weighted by atomic mass is 10.1. The van der Waals surface area contributed by atoms with Gasteiger partial charge in [0.1, 0.15) is 0 Å². The van der Waals surface area contributed by atoms with Crippen LogP contribution in [0.2, 0.25) is 0 Å². The van der Waals surface area contributed by atoms with Crippen LogP contribution in [0.4, 0.5) is 0 Å². The van der Waals surface area contributed by atoms with Gasteiger partial charge in [-0.05, 0) is 47.9 Å². The molecule has 3 aromatic carbocycles. The Morgan fingerprint density at radius 3 is 2.42 bits per heavy atom. The van der Waals surface area contributed by atoms with Crippen LogP contribution in [-0.2, 0) is 23.1 Å². The van der Waals surface area contributed by atoms with Gasteiger partial charge in [-0.2, -0.15) is 0 Å². The zero-order chi connectivity index (χ0) is 22.4. The van der Waals surface area contributed by atoms with Crippen molar-refractivity contribution in [3.8, 4) is 11.5 Å². The average molecular weight is 441 g/mol. The molecule has 162 valence electrons. The lowest BCUT2D eigenvalue weighted by Gasteiger charge is -2.12. The molecule has 0 atom stereocenters. The maximum Gasteiger partial charge on any atom is 0.251 e. The van der Waals surface area contributed by atoms with E-state index >= 15 is 0 Å². The van der Waals surface area contributed by atoms with Gasteiger partial charge in [0.2, 0.25) is 10.0 Å². The summed E-state index contributed by atoms with van der Waals surface area (Å²) in [6, 6.07) is 18.4. The first-order valence-electron chi connectivity index (χ1n) is 9.58. The van der Waals surface area contributed by atoms with E-state index in [-0.39, 0.29) is 29.3 Å². The maximum atomic E-state index is 12.7. The maximum absolute atomic E-state index is 12.7. The van der Waals surface area contributed by atoms with E-state index in [9.17, 15) is 18.3 Å². The van der Waals surface area contributed by atoms with Crippen LogP contribution in [0.3, 0.4) is 0 Å². The summed E-state index contributed by atoms with van der Waals surface area (Å²) in [6.45, 7) is 2.09. The average Bonchev–Trinajstić information content (AvgIpc) is 2.78. The third kappa shape index (κ3) is 5.62. The summed E-state index contributed by atoms with van der Waals surface area (Å²) >= 11 is 0. The summed E-state index contributed by atoms with van der Waals surface area (Å²) in [5.74, 6) is -0.0838. The van der Waals surface area contributed by atoms with Gasteiger partial charge in [0.15, 0.2) is 11.5 Å². The summed E-state index contributed by atoms with van der Waals surface area (Å²) in [5.41, 5.74) is 2.49. The Bertz CT molecular complexity index is 1180. The molecule has 0 aliphatic rings. The standard InChI is InChI=1S/C23H24N2O5S/c1-16-8-10-19(31(28,29)25-15-17-6-4-3-5-7-17)13-20(16)23(27)24-14-18-9-11-21(26)22(12-18)30-2/h3-13,25-26H,14-15H2,1-2H3,(H,24,27). The number of amides is 1. The number of carbonyl (C=O) groups is 1. The van der Waals surface area contributed by atoms with Crippen LogP contribution in [0, 0.1) is 6.92 Å². The van der Waals surface area contributed by atoms with E-state index in [0.717, 1.165) is 11.1 Å². The van der Waals surface area contributed by atoms with Crippen molar-refractivity contribution in [2.24, 2.45) is 0 Å². The number of rotatable bonds is 8. The first kappa shape index (κ1) is 22.3. The van der Waals surface area contributed by atoms with Gasteiger partial charge in [0.25, 0.3) is 5.91 Å². The molecule has 3 N–H and O–H groups in total. The van der Waals surface area contributed by atoms with Crippen LogP contribution in [-0.4, -0.2) is 26.5 Å².